The predicted molar refractivity (Wildman–Crippen MR) is 94.0 cm³/mol. The second kappa shape index (κ2) is 6.96. The van der Waals surface area contributed by atoms with Crippen LogP contribution in [0.2, 0.25) is 0 Å². The first kappa shape index (κ1) is 16.4. The van der Waals surface area contributed by atoms with Crippen LogP contribution in [-0.2, 0) is 4.79 Å². The molecule has 0 saturated heterocycles. The Kier molecular flexibility index (Phi) is 4.56. The number of nitrogens with one attached hydrogen (secondary N) is 2. The van der Waals surface area contributed by atoms with Crippen molar-refractivity contribution in [3.8, 4) is 0 Å². The Labute approximate surface area is 143 Å². The molecule has 0 aliphatic heterocycles. The summed E-state index contributed by atoms with van der Waals surface area (Å²) in [6.07, 6.45) is 4.59. The number of nitrogens with zero attached hydrogens (tertiary/aromatic N) is 2. The maximum atomic E-state index is 12.0. The van der Waals surface area contributed by atoms with E-state index in [1.165, 1.54) is 12.3 Å². The molecule has 0 spiro atoms. The molecule has 7 nitrogen and oxygen atoms in total. The number of carbonyl (C=O) groups is 2. The number of pyridine rings is 1. The summed E-state index contributed by atoms with van der Waals surface area (Å²) in [5.41, 5.74) is 3.08. The molecule has 1 aromatic carbocycles. The molecule has 126 valence electrons. The molecule has 2 heterocycles. The van der Waals surface area contributed by atoms with Crippen molar-refractivity contribution in [1.82, 2.24) is 15.5 Å². The van der Waals surface area contributed by atoms with Crippen LogP contribution in [0.25, 0.3) is 17.2 Å². The Balaban J connectivity index is 1.67. The molecule has 0 unspecified atom stereocenters. The lowest BCUT2D eigenvalue weighted by molar-refractivity contribution is -0.111. The average Bonchev–Trinajstić information content (AvgIpc) is 3.00. The van der Waals surface area contributed by atoms with Gasteiger partial charge in [-0.3, -0.25) is 9.59 Å². The second-order valence-corrected chi connectivity index (χ2v) is 5.37. The van der Waals surface area contributed by atoms with Gasteiger partial charge in [0.05, 0.1) is 23.0 Å². The summed E-state index contributed by atoms with van der Waals surface area (Å²) in [5.74, 6) is -0.439. The third-order valence-electron chi connectivity index (χ3n) is 3.60. The summed E-state index contributed by atoms with van der Waals surface area (Å²) >= 11 is 0. The molecule has 0 atom stereocenters. The Hall–Kier alpha value is -3.48. The van der Waals surface area contributed by atoms with E-state index in [0.29, 0.717) is 22.7 Å². The van der Waals surface area contributed by atoms with Crippen LogP contribution >= 0.6 is 0 Å². The van der Waals surface area contributed by atoms with E-state index in [2.05, 4.69) is 20.8 Å². The van der Waals surface area contributed by atoms with E-state index in [1.807, 2.05) is 6.92 Å². The number of rotatable bonds is 4. The number of aryl methyl sites for hydroxylation is 1. The Morgan fingerprint density at radius 1 is 1.20 bits per heavy atom. The SMILES string of the molecule is CNC(=O)c1ccc(C=CC(=O)Nc2cnc3onc(C)c3c2)cc1. The molecule has 7 heteroatoms. The summed E-state index contributed by atoms with van der Waals surface area (Å²) < 4.78 is 5.03. The van der Waals surface area contributed by atoms with Crippen LogP contribution in [0, 0.1) is 6.92 Å². The van der Waals surface area contributed by atoms with Gasteiger partial charge in [-0.15, -0.1) is 0 Å². The van der Waals surface area contributed by atoms with Gasteiger partial charge in [0, 0.05) is 18.7 Å². The van der Waals surface area contributed by atoms with Gasteiger partial charge in [0.1, 0.15) is 0 Å². The zero-order valence-electron chi connectivity index (χ0n) is 13.7. The van der Waals surface area contributed by atoms with E-state index >= 15 is 0 Å². The summed E-state index contributed by atoms with van der Waals surface area (Å²) in [7, 11) is 1.58. The van der Waals surface area contributed by atoms with Crippen molar-refractivity contribution in [3.63, 3.8) is 0 Å². The Bertz CT molecular complexity index is 958. The first-order valence-electron chi connectivity index (χ1n) is 7.60. The van der Waals surface area contributed by atoms with E-state index in [4.69, 9.17) is 4.52 Å². The summed E-state index contributed by atoms with van der Waals surface area (Å²) in [5, 5.41) is 9.87. The monoisotopic (exact) mass is 336 g/mol. The maximum absolute atomic E-state index is 12.0. The zero-order chi connectivity index (χ0) is 17.8. The molecule has 0 fully saturated rings. The standard InChI is InChI=1S/C18H16N4O3/c1-11-15-9-14(10-20-18(15)25-22-11)21-16(23)8-5-12-3-6-13(7-4-12)17(24)19-2/h3-10H,1-2H3,(H,19,24)(H,21,23). The van der Waals surface area contributed by atoms with Crippen molar-refractivity contribution in [2.24, 2.45) is 0 Å². The van der Waals surface area contributed by atoms with Gasteiger partial charge >= 0.3 is 0 Å². The smallest absolute Gasteiger partial charge is 0.258 e. The number of amides is 2. The van der Waals surface area contributed by atoms with Gasteiger partial charge in [-0.25, -0.2) is 4.98 Å². The van der Waals surface area contributed by atoms with Crippen molar-refractivity contribution < 1.29 is 14.1 Å². The number of hydrogen-bond acceptors (Lipinski definition) is 5. The molecule has 3 aromatic rings. The normalized spacial score (nSPS) is 11.0. The number of aromatic nitrogens is 2. The van der Waals surface area contributed by atoms with E-state index in [1.54, 1.807) is 43.5 Å². The van der Waals surface area contributed by atoms with Crippen LogP contribution in [0.4, 0.5) is 5.69 Å². The number of fused-ring (bicyclic) bond motifs is 1. The van der Waals surface area contributed by atoms with E-state index in [-0.39, 0.29) is 11.8 Å². The molecule has 2 aromatic heterocycles. The van der Waals surface area contributed by atoms with Crippen LogP contribution in [0.1, 0.15) is 21.6 Å². The lowest BCUT2D eigenvalue weighted by Crippen LogP contribution is -2.17. The van der Waals surface area contributed by atoms with Crippen molar-refractivity contribution in [2.75, 3.05) is 12.4 Å². The summed E-state index contributed by atoms with van der Waals surface area (Å²) in [6.45, 7) is 1.81. The highest BCUT2D eigenvalue weighted by atomic mass is 16.5. The van der Waals surface area contributed by atoms with Gasteiger partial charge in [0.15, 0.2) is 0 Å². The van der Waals surface area contributed by atoms with Crippen molar-refractivity contribution in [3.05, 3.63) is 59.4 Å². The van der Waals surface area contributed by atoms with Crippen LogP contribution in [0.3, 0.4) is 0 Å². The minimum absolute atomic E-state index is 0.153. The van der Waals surface area contributed by atoms with E-state index < -0.39 is 0 Å². The summed E-state index contributed by atoms with van der Waals surface area (Å²) in [4.78, 5) is 27.6. The lowest BCUT2D eigenvalue weighted by atomic mass is 10.1. The molecule has 3 rings (SSSR count). The highest BCUT2D eigenvalue weighted by molar-refractivity contribution is 6.02. The molecular weight excluding hydrogens is 320 g/mol. The fraction of sp³-hybridized carbons (Fsp3) is 0.111. The lowest BCUT2D eigenvalue weighted by Gasteiger charge is -2.02. The molecule has 0 bridgehead atoms. The number of carbonyl (C=O) groups excluding carboxylic acids is 2. The Morgan fingerprint density at radius 3 is 2.68 bits per heavy atom. The number of hydrogen-bond donors (Lipinski definition) is 2. The number of anilines is 1. The van der Waals surface area contributed by atoms with Gasteiger partial charge in [0.25, 0.3) is 11.6 Å². The molecular formula is C18H16N4O3. The van der Waals surface area contributed by atoms with Crippen molar-refractivity contribution in [2.45, 2.75) is 6.92 Å². The minimum atomic E-state index is -0.286. The third-order valence-corrected chi connectivity index (χ3v) is 3.60. The first-order chi connectivity index (χ1) is 12.1. The van der Waals surface area contributed by atoms with Crippen LogP contribution in [-0.4, -0.2) is 29.0 Å². The highest BCUT2D eigenvalue weighted by Gasteiger charge is 2.07. The third kappa shape index (κ3) is 3.72. The summed E-state index contributed by atoms with van der Waals surface area (Å²) in [6, 6.07) is 8.69. The topological polar surface area (TPSA) is 97.1 Å². The van der Waals surface area contributed by atoms with Gasteiger partial charge < -0.3 is 15.2 Å². The second-order valence-electron chi connectivity index (χ2n) is 5.37. The van der Waals surface area contributed by atoms with E-state index in [9.17, 15) is 9.59 Å². The molecule has 2 N–H and O–H groups in total. The van der Waals surface area contributed by atoms with Gasteiger partial charge in [-0.2, -0.15) is 0 Å². The fourth-order valence-corrected chi connectivity index (χ4v) is 2.26. The zero-order valence-corrected chi connectivity index (χ0v) is 13.7. The molecule has 0 aliphatic carbocycles. The molecule has 2 amide bonds. The van der Waals surface area contributed by atoms with Crippen LogP contribution < -0.4 is 10.6 Å². The molecule has 0 saturated carbocycles. The fourth-order valence-electron chi connectivity index (χ4n) is 2.26. The highest BCUT2D eigenvalue weighted by Crippen LogP contribution is 2.19. The van der Waals surface area contributed by atoms with Gasteiger partial charge in [-0.05, 0) is 36.8 Å². The largest absolute Gasteiger partial charge is 0.355 e. The quantitative estimate of drug-likeness (QED) is 0.714. The molecule has 25 heavy (non-hydrogen) atoms. The predicted octanol–water partition coefficient (Wildman–Crippen LogP) is 2.54. The van der Waals surface area contributed by atoms with Crippen molar-refractivity contribution in [1.29, 1.82) is 0 Å². The maximum Gasteiger partial charge on any atom is 0.258 e. The van der Waals surface area contributed by atoms with E-state index in [0.717, 1.165) is 10.9 Å². The molecule has 0 aliphatic rings. The average molecular weight is 336 g/mol. The van der Waals surface area contributed by atoms with Gasteiger partial charge in [0.2, 0.25) is 5.91 Å². The molecule has 0 radical (unpaired) electrons. The van der Waals surface area contributed by atoms with Crippen LogP contribution in [0.15, 0.2) is 47.1 Å². The van der Waals surface area contributed by atoms with Gasteiger partial charge in [-0.1, -0.05) is 17.3 Å². The minimum Gasteiger partial charge on any atom is -0.355 e. The van der Waals surface area contributed by atoms with Crippen LogP contribution in [0.5, 0.6) is 0 Å². The first-order valence-corrected chi connectivity index (χ1v) is 7.60. The van der Waals surface area contributed by atoms with Crippen molar-refractivity contribution >= 4 is 34.7 Å². The number of benzene rings is 1. The Morgan fingerprint density at radius 2 is 1.96 bits per heavy atom.